The van der Waals surface area contributed by atoms with Crippen molar-refractivity contribution in [2.75, 3.05) is 0 Å². The first-order chi connectivity index (χ1) is 6.24. The van der Waals surface area contributed by atoms with Gasteiger partial charge in [-0.3, -0.25) is 0 Å². The molecule has 1 fully saturated rings. The van der Waals surface area contributed by atoms with Crippen molar-refractivity contribution in [1.82, 2.24) is 0 Å². The Hall–Kier alpha value is -1.17. The summed E-state index contributed by atoms with van der Waals surface area (Å²) in [7, 11) is 0. The van der Waals surface area contributed by atoms with Gasteiger partial charge in [0.15, 0.2) is 0 Å². The normalized spacial score (nSPS) is 27.2. The predicted molar refractivity (Wildman–Crippen MR) is 48.3 cm³/mol. The van der Waals surface area contributed by atoms with E-state index in [1.807, 2.05) is 0 Å². The average molecular weight is 182 g/mol. The van der Waals surface area contributed by atoms with Gasteiger partial charge in [0.05, 0.1) is 5.92 Å². The summed E-state index contributed by atoms with van der Waals surface area (Å²) in [6.07, 6.45) is 2.54. The number of carbonyl (C=O) groups is 1. The molecule has 1 aliphatic rings. The molecule has 0 radical (unpaired) electrons. The van der Waals surface area contributed by atoms with Crippen LogP contribution in [0.3, 0.4) is 0 Å². The molecule has 2 atom stereocenters. The summed E-state index contributed by atoms with van der Waals surface area (Å²) < 4.78 is 4.77. The molecule has 3 heteroatoms. The Kier molecular flexibility index (Phi) is 3.63. The fourth-order valence-electron chi connectivity index (χ4n) is 1.72. The standard InChI is InChI=1S/C10H14O3/c1-2-5-8-6-3-4-7-9(8)13-10(11)12/h8-9H,3-4,6-7H2,1H3,(H,11,12). The summed E-state index contributed by atoms with van der Waals surface area (Å²) in [5.41, 5.74) is 0. The van der Waals surface area contributed by atoms with E-state index in [9.17, 15) is 4.79 Å². The van der Waals surface area contributed by atoms with Crippen molar-refractivity contribution in [3.8, 4) is 11.8 Å². The Bertz CT molecular complexity index is 236. The quantitative estimate of drug-likeness (QED) is 0.499. The Morgan fingerprint density at radius 1 is 1.46 bits per heavy atom. The lowest BCUT2D eigenvalue weighted by molar-refractivity contribution is 0.0202. The van der Waals surface area contributed by atoms with Gasteiger partial charge in [-0.2, -0.15) is 0 Å². The first-order valence-electron chi connectivity index (χ1n) is 4.56. The maximum absolute atomic E-state index is 10.3. The second-order valence-corrected chi connectivity index (χ2v) is 3.21. The van der Waals surface area contributed by atoms with Crippen molar-refractivity contribution >= 4 is 6.16 Å². The number of carboxylic acid groups (broad SMARTS) is 1. The molecule has 0 heterocycles. The maximum Gasteiger partial charge on any atom is 0.506 e. The SMILES string of the molecule is CC#CC1CCCCC1OC(=O)O. The lowest BCUT2D eigenvalue weighted by Crippen LogP contribution is -2.28. The lowest BCUT2D eigenvalue weighted by atomic mass is 9.87. The average Bonchev–Trinajstić information content (AvgIpc) is 2.08. The highest BCUT2D eigenvalue weighted by Gasteiger charge is 2.26. The van der Waals surface area contributed by atoms with Crippen molar-refractivity contribution in [2.45, 2.75) is 38.7 Å². The molecular weight excluding hydrogens is 168 g/mol. The lowest BCUT2D eigenvalue weighted by Gasteiger charge is -2.26. The molecule has 0 aromatic carbocycles. The molecule has 3 nitrogen and oxygen atoms in total. The van der Waals surface area contributed by atoms with Crippen LogP contribution in [0.4, 0.5) is 4.79 Å². The van der Waals surface area contributed by atoms with Crippen molar-refractivity contribution in [2.24, 2.45) is 5.92 Å². The van der Waals surface area contributed by atoms with Gasteiger partial charge >= 0.3 is 6.16 Å². The smallest absolute Gasteiger partial charge is 0.450 e. The molecule has 1 rings (SSSR count). The van der Waals surface area contributed by atoms with E-state index >= 15 is 0 Å². The maximum atomic E-state index is 10.3. The van der Waals surface area contributed by atoms with E-state index in [1.165, 1.54) is 0 Å². The van der Waals surface area contributed by atoms with Crippen molar-refractivity contribution in [1.29, 1.82) is 0 Å². The Morgan fingerprint density at radius 3 is 2.77 bits per heavy atom. The van der Waals surface area contributed by atoms with Crippen molar-refractivity contribution in [3.05, 3.63) is 0 Å². The van der Waals surface area contributed by atoms with Gasteiger partial charge in [0.1, 0.15) is 6.10 Å². The van der Waals surface area contributed by atoms with Gasteiger partial charge in [0, 0.05) is 0 Å². The molecule has 72 valence electrons. The second-order valence-electron chi connectivity index (χ2n) is 3.21. The molecule has 0 aliphatic heterocycles. The van der Waals surface area contributed by atoms with Gasteiger partial charge in [-0.1, -0.05) is 12.3 Å². The molecule has 2 unspecified atom stereocenters. The predicted octanol–water partition coefficient (Wildman–Crippen LogP) is 2.26. The third-order valence-corrected chi connectivity index (χ3v) is 2.28. The minimum atomic E-state index is -1.19. The van der Waals surface area contributed by atoms with Crippen LogP contribution in [0.2, 0.25) is 0 Å². The number of ether oxygens (including phenoxy) is 1. The summed E-state index contributed by atoms with van der Waals surface area (Å²) in [4.78, 5) is 10.3. The Balaban J connectivity index is 2.54. The van der Waals surface area contributed by atoms with Gasteiger partial charge in [-0.05, 0) is 26.2 Å². The zero-order valence-electron chi connectivity index (χ0n) is 7.75. The van der Waals surface area contributed by atoms with E-state index < -0.39 is 6.16 Å². The summed E-state index contributed by atoms with van der Waals surface area (Å²) in [5.74, 6) is 5.93. The fourth-order valence-corrected chi connectivity index (χ4v) is 1.72. The number of rotatable bonds is 1. The highest BCUT2D eigenvalue weighted by atomic mass is 16.7. The van der Waals surface area contributed by atoms with E-state index in [2.05, 4.69) is 11.8 Å². The van der Waals surface area contributed by atoms with Gasteiger partial charge in [-0.15, -0.1) is 5.92 Å². The van der Waals surface area contributed by atoms with Gasteiger partial charge in [0.25, 0.3) is 0 Å². The highest BCUT2D eigenvalue weighted by Crippen LogP contribution is 2.26. The van der Waals surface area contributed by atoms with Crippen LogP contribution in [0.5, 0.6) is 0 Å². The van der Waals surface area contributed by atoms with E-state index in [0.29, 0.717) is 0 Å². The molecule has 13 heavy (non-hydrogen) atoms. The fraction of sp³-hybridized carbons (Fsp3) is 0.700. The summed E-state index contributed by atoms with van der Waals surface area (Å²) in [6.45, 7) is 1.77. The van der Waals surface area contributed by atoms with Crippen LogP contribution in [0.25, 0.3) is 0 Å². The Morgan fingerprint density at radius 2 is 2.15 bits per heavy atom. The molecule has 1 aliphatic carbocycles. The van der Waals surface area contributed by atoms with Crippen molar-refractivity contribution in [3.63, 3.8) is 0 Å². The van der Waals surface area contributed by atoms with Gasteiger partial charge in [-0.25, -0.2) is 4.79 Å². The topological polar surface area (TPSA) is 46.5 Å². The molecule has 0 aromatic heterocycles. The van der Waals surface area contributed by atoms with Crippen LogP contribution in [-0.4, -0.2) is 17.4 Å². The zero-order valence-corrected chi connectivity index (χ0v) is 7.75. The van der Waals surface area contributed by atoms with Crippen LogP contribution in [0.1, 0.15) is 32.6 Å². The minimum Gasteiger partial charge on any atom is -0.450 e. The first-order valence-corrected chi connectivity index (χ1v) is 4.56. The number of hydrogen-bond donors (Lipinski definition) is 1. The molecule has 0 amide bonds. The van der Waals surface area contributed by atoms with Crippen molar-refractivity contribution < 1.29 is 14.6 Å². The molecule has 0 aromatic rings. The Labute approximate surface area is 78.1 Å². The van der Waals surface area contributed by atoms with E-state index in [0.717, 1.165) is 25.7 Å². The number of hydrogen-bond acceptors (Lipinski definition) is 2. The molecule has 1 saturated carbocycles. The van der Waals surface area contributed by atoms with Crippen LogP contribution < -0.4 is 0 Å². The van der Waals surface area contributed by atoms with Gasteiger partial charge in [0.2, 0.25) is 0 Å². The molecule has 0 spiro atoms. The zero-order chi connectivity index (χ0) is 9.68. The van der Waals surface area contributed by atoms with Crippen LogP contribution in [0, 0.1) is 17.8 Å². The third kappa shape index (κ3) is 2.98. The molecular formula is C10H14O3. The third-order valence-electron chi connectivity index (χ3n) is 2.28. The minimum absolute atomic E-state index is 0.106. The van der Waals surface area contributed by atoms with E-state index in [1.54, 1.807) is 6.92 Å². The summed E-state index contributed by atoms with van der Waals surface area (Å²) in [6, 6.07) is 0. The van der Waals surface area contributed by atoms with Crippen LogP contribution in [-0.2, 0) is 4.74 Å². The summed E-state index contributed by atoms with van der Waals surface area (Å²) >= 11 is 0. The highest BCUT2D eigenvalue weighted by molar-refractivity contribution is 5.57. The summed E-state index contributed by atoms with van der Waals surface area (Å²) in [5, 5.41) is 8.48. The van der Waals surface area contributed by atoms with E-state index in [-0.39, 0.29) is 12.0 Å². The molecule has 0 saturated heterocycles. The monoisotopic (exact) mass is 182 g/mol. The van der Waals surface area contributed by atoms with Gasteiger partial charge < -0.3 is 9.84 Å². The second kappa shape index (κ2) is 4.76. The largest absolute Gasteiger partial charge is 0.506 e. The molecule has 1 N–H and O–H groups in total. The van der Waals surface area contributed by atoms with Crippen LogP contribution >= 0.6 is 0 Å². The first kappa shape index (κ1) is 9.91. The van der Waals surface area contributed by atoms with E-state index in [4.69, 9.17) is 9.84 Å². The van der Waals surface area contributed by atoms with Crippen LogP contribution in [0.15, 0.2) is 0 Å². The molecule has 0 bridgehead atoms.